The first-order valence-corrected chi connectivity index (χ1v) is 22.6. The summed E-state index contributed by atoms with van der Waals surface area (Å²) in [6, 6.07) is 11.5. The molecule has 7 amide bonds. The SMILES string of the molecule is NC(=O)CC[C@@H]1NC(=O)C2CCCCC(CCC2)C(=O)NC(C(N)=O)CCCCNC(=O)C(Cc2ccc(C(=O)c3ccccc3)cc2)NC(=O)[C@H](CC2CCCCC2)NC1=O. The van der Waals surface area contributed by atoms with Gasteiger partial charge in [0, 0.05) is 42.3 Å². The second-order valence-corrected chi connectivity index (χ2v) is 17.4. The van der Waals surface area contributed by atoms with Gasteiger partial charge in [0.2, 0.25) is 41.4 Å². The van der Waals surface area contributed by atoms with Crippen molar-refractivity contribution in [3.8, 4) is 0 Å². The first-order valence-electron chi connectivity index (χ1n) is 22.6. The van der Waals surface area contributed by atoms with E-state index in [4.69, 9.17) is 11.5 Å². The summed E-state index contributed by atoms with van der Waals surface area (Å²) in [6.07, 6.45) is 10.2. The summed E-state index contributed by atoms with van der Waals surface area (Å²) < 4.78 is 0. The summed E-state index contributed by atoms with van der Waals surface area (Å²) >= 11 is 0. The Balaban J connectivity index is 1.42. The average molecular weight is 856 g/mol. The van der Waals surface area contributed by atoms with Crippen LogP contribution in [0.2, 0.25) is 0 Å². The van der Waals surface area contributed by atoms with Crippen LogP contribution in [0.4, 0.5) is 0 Å². The minimum absolute atomic E-state index is 0.0666. The number of rotatable bonds is 10. The molecule has 3 fully saturated rings. The number of benzene rings is 2. The molecule has 336 valence electrons. The largest absolute Gasteiger partial charge is 0.370 e. The van der Waals surface area contributed by atoms with Crippen LogP contribution in [0.3, 0.4) is 0 Å². The molecule has 15 heteroatoms. The van der Waals surface area contributed by atoms with E-state index in [-0.39, 0.29) is 61.7 Å². The molecule has 1 aliphatic heterocycles. The molecule has 0 radical (unpaired) electrons. The van der Waals surface area contributed by atoms with Crippen LogP contribution >= 0.6 is 0 Å². The van der Waals surface area contributed by atoms with E-state index >= 15 is 0 Å². The highest BCUT2D eigenvalue weighted by atomic mass is 16.2. The number of carbonyl (C=O) groups excluding carboxylic acids is 8. The van der Waals surface area contributed by atoms with Gasteiger partial charge in [0.15, 0.2) is 5.78 Å². The van der Waals surface area contributed by atoms with Crippen molar-refractivity contribution in [2.75, 3.05) is 6.54 Å². The molecule has 2 bridgehead atoms. The van der Waals surface area contributed by atoms with E-state index in [9.17, 15) is 38.4 Å². The lowest BCUT2D eigenvalue weighted by molar-refractivity contribution is -0.135. The third-order valence-corrected chi connectivity index (χ3v) is 12.6. The molecular weight excluding hydrogens is 791 g/mol. The third-order valence-electron chi connectivity index (χ3n) is 12.6. The summed E-state index contributed by atoms with van der Waals surface area (Å²) in [7, 11) is 0. The van der Waals surface area contributed by atoms with E-state index < -0.39 is 59.6 Å². The Kier molecular flexibility index (Phi) is 18.5. The first-order chi connectivity index (χ1) is 29.9. The van der Waals surface area contributed by atoms with E-state index in [0.717, 1.165) is 32.1 Å². The summed E-state index contributed by atoms with van der Waals surface area (Å²) in [4.78, 5) is 107. The topological polar surface area (TPSA) is 249 Å². The third kappa shape index (κ3) is 14.8. The van der Waals surface area contributed by atoms with Crippen LogP contribution in [-0.4, -0.2) is 77.8 Å². The Morgan fingerprint density at radius 1 is 0.532 bits per heavy atom. The summed E-state index contributed by atoms with van der Waals surface area (Å²) in [5.74, 6) is -4.41. The van der Waals surface area contributed by atoms with Gasteiger partial charge in [-0.05, 0) is 69.3 Å². The monoisotopic (exact) mass is 855 g/mol. The van der Waals surface area contributed by atoms with Gasteiger partial charge in [0.05, 0.1) is 0 Å². The Morgan fingerprint density at radius 3 is 1.73 bits per heavy atom. The van der Waals surface area contributed by atoms with Gasteiger partial charge in [0.25, 0.3) is 0 Å². The predicted octanol–water partition coefficient (Wildman–Crippen LogP) is 3.40. The normalized spacial score (nSPS) is 25.7. The molecular formula is C47H65N7O8. The quantitative estimate of drug-likeness (QED) is 0.174. The molecule has 5 rings (SSSR count). The molecule has 15 nitrogen and oxygen atoms in total. The molecule has 0 aromatic heterocycles. The Labute approximate surface area is 364 Å². The minimum Gasteiger partial charge on any atom is -0.370 e. The minimum atomic E-state index is -1.16. The smallest absolute Gasteiger partial charge is 0.243 e. The van der Waals surface area contributed by atoms with Crippen LogP contribution in [0.1, 0.15) is 137 Å². The molecule has 0 spiro atoms. The fourth-order valence-electron chi connectivity index (χ4n) is 8.96. The van der Waals surface area contributed by atoms with Crippen molar-refractivity contribution >= 4 is 47.1 Å². The van der Waals surface area contributed by atoms with Gasteiger partial charge in [-0.25, -0.2) is 0 Å². The number of hydrogen-bond donors (Lipinski definition) is 7. The number of nitrogens with two attached hydrogens (primary N) is 2. The molecule has 62 heavy (non-hydrogen) atoms. The van der Waals surface area contributed by atoms with Crippen molar-refractivity contribution in [3.05, 3.63) is 71.3 Å². The number of hydrogen-bond acceptors (Lipinski definition) is 8. The van der Waals surface area contributed by atoms with Crippen LogP contribution in [0.25, 0.3) is 0 Å². The molecule has 2 saturated carbocycles. The molecule has 4 unspecified atom stereocenters. The first kappa shape index (κ1) is 47.4. The fraction of sp³-hybridized carbons (Fsp3) is 0.574. The number of ketones is 1. The number of primary amides is 2. The molecule has 9 N–H and O–H groups in total. The van der Waals surface area contributed by atoms with Crippen molar-refractivity contribution in [2.45, 2.75) is 146 Å². The summed E-state index contributed by atoms with van der Waals surface area (Å²) in [6.45, 7) is 0.211. The predicted molar refractivity (Wildman–Crippen MR) is 233 cm³/mol. The van der Waals surface area contributed by atoms with E-state index in [1.165, 1.54) is 0 Å². The molecule has 3 aliphatic rings. The zero-order valence-electron chi connectivity index (χ0n) is 35.8. The molecule has 1 heterocycles. The van der Waals surface area contributed by atoms with Crippen LogP contribution < -0.4 is 38.1 Å². The number of amides is 7. The maximum atomic E-state index is 14.4. The van der Waals surface area contributed by atoms with Gasteiger partial charge in [-0.3, -0.25) is 38.4 Å². The van der Waals surface area contributed by atoms with Crippen LogP contribution in [0.15, 0.2) is 54.6 Å². The summed E-state index contributed by atoms with van der Waals surface area (Å²) in [5.41, 5.74) is 12.9. The second kappa shape index (κ2) is 24.1. The molecule has 2 aliphatic carbocycles. The lowest BCUT2D eigenvalue weighted by atomic mass is 9.84. The van der Waals surface area contributed by atoms with Crippen molar-refractivity contribution < 1.29 is 38.4 Å². The van der Waals surface area contributed by atoms with Gasteiger partial charge in [-0.1, -0.05) is 106 Å². The zero-order valence-corrected chi connectivity index (χ0v) is 35.8. The lowest BCUT2D eigenvalue weighted by Crippen LogP contribution is -2.58. The van der Waals surface area contributed by atoms with E-state index in [1.54, 1.807) is 48.5 Å². The Morgan fingerprint density at radius 2 is 1.08 bits per heavy atom. The fourth-order valence-corrected chi connectivity index (χ4v) is 8.96. The van der Waals surface area contributed by atoms with Crippen molar-refractivity contribution in [1.82, 2.24) is 26.6 Å². The maximum Gasteiger partial charge on any atom is 0.243 e. The number of fused-ring (bicyclic) bond motifs is 4. The maximum absolute atomic E-state index is 14.4. The number of nitrogens with one attached hydrogen (secondary N) is 5. The van der Waals surface area contributed by atoms with Gasteiger partial charge < -0.3 is 38.1 Å². The highest BCUT2D eigenvalue weighted by Gasteiger charge is 2.34. The Bertz CT molecular complexity index is 1870. The van der Waals surface area contributed by atoms with E-state index in [2.05, 4.69) is 26.6 Å². The van der Waals surface area contributed by atoms with Gasteiger partial charge in [0.1, 0.15) is 24.2 Å². The number of carbonyl (C=O) groups is 8. The van der Waals surface area contributed by atoms with Crippen LogP contribution in [0.5, 0.6) is 0 Å². The van der Waals surface area contributed by atoms with Gasteiger partial charge in [-0.15, -0.1) is 0 Å². The van der Waals surface area contributed by atoms with Gasteiger partial charge >= 0.3 is 0 Å². The van der Waals surface area contributed by atoms with Gasteiger partial charge in [-0.2, -0.15) is 0 Å². The van der Waals surface area contributed by atoms with Crippen LogP contribution in [-0.2, 0) is 40.0 Å². The van der Waals surface area contributed by atoms with Crippen molar-refractivity contribution in [3.63, 3.8) is 0 Å². The zero-order chi connectivity index (χ0) is 44.4. The van der Waals surface area contributed by atoms with E-state index in [0.29, 0.717) is 80.9 Å². The van der Waals surface area contributed by atoms with Crippen LogP contribution in [0, 0.1) is 17.8 Å². The second-order valence-electron chi connectivity index (χ2n) is 17.4. The molecule has 1 saturated heterocycles. The molecule has 2 aromatic carbocycles. The average Bonchev–Trinajstić information content (AvgIpc) is 3.39. The highest BCUT2D eigenvalue weighted by Crippen LogP contribution is 2.29. The molecule has 6 atom stereocenters. The summed E-state index contributed by atoms with van der Waals surface area (Å²) in [5, 5.41) is 14.4. The van der Waals surface area contributed by atoms with Crippen molar-refractivity contribution in [2.24, 2.45) is 29.2 Å². The van der Waals surface area contributed by atoms with E-state index in [1.807, 2.05) is 6.07 Å². The standard InChI is InChI=1S/C47H65N7O8/c48-40(55)26-25-37-46(61)54-39(28-30-12-3-1-4-13-30)47(62)53-38(29-31-21-23-33(24-22-31)41(56)32-14-5-2-6-15-32)45(60)50-27-10-9-20-36(42(49)57)51-43(58)34-16-7-8-17-35(19-11-18-34)44(59)52-37/h2,5-6,14-15,21-24,30,34-39H,1,3-4,7-13,16-20,25-29H2,(H2,48,55)(H2,49,57)(H,50,60)(H,51,58)(H,52,59)(H,53,62)(H,54,61)/t34?,35?,36?,37-,38?,39-/m0/s1. The highest BCUT2D eigenvalue weighted by molar-refractivity contribution is 6.09. The lowest BCUT2D eigenvalue weighted by Gasteiger charge is -2.30. The van der Waals surface area contributed by atoms with Crippen molar-refractivity contribution in [1.29, 1.82) is 0 Å². The molecule has 2 aromatic rings. The Hall–Kier alpha value is -5.60.